The molecule has 1 fully saturated rings. The van der Waals surface area contributed by atoms with Crippen molar-refractivity contribution in [2.45, 2.75) is 69.9 Å². The SMILES string of the molecule is C=CC(C)(CCC=C(C)C)O[C@@H]1[C@@H](O)[C@H](O)[C@@H](CO)O[C@H]1O. The summed E-state index contributed by atoms with van der Waals surface area (Å²) in [6.07, 6.45) is -1.24. The highest BCUT2D eigenvalue weighted by Crippen LogP contribution is 2.29. The molecule has 1 aliphatic rings. The molecule has 0 aromatic carbocycles. The van der Waals surface area contributed by atoms with Gasteiger partial charge in [-0.2, -0.15) is 0 Å². The van der Waals surface area contributed by atoms with Gasteiger partial charge in [0.2, 0.25) is 0 Å². The second-order valence-corrected chi connectivity index (χ2v) is 6.15. The van der Waals surface area contributed by atoms with Gasteiger partial charge in [-0.25, -0.2) is 0 Å². The Labute approximate surface area is 131 Å². The highest BCUT2D eigenvalue weighted by Gasteiger charge is 2.46. The van der Waals surface area contributed by atoms with Gasteiger partial charge in [-0.15, -0.1) is 6.58 Å². The predicted octanol–water partition coefficient (Wildman–Crippen LogP) is 0.494. The third-order valence-electron chi connectivity index (χ3n) is 3.87. The van der Waals surface area contributed by atoms with Crippen molar-refractivity contribution in [3.8, 4) is 0 Å². The summed E-state index contributed by atoms with van der Waals surface area (Å²) in [6.45, 7) is 9.04. The topological polar surface area (TPSA) is 99.4 Å². The molecule has 0 saturated carbocycles. The molecule has 6 nitrogen and oxygen atoms in total. The fraction of sp³-hybridized carbons (Fsp3) is 0.750. The fourth-order valence-electron chi connectivity index (χ4n) is 2.37. The lowest BCUT2D eigenvalue weighted by atomic mass is 9.95. The largest absolute Gasteiger partial charge is 0.394 e. The molecule has 22 heavy (non-hydrogen) atoms. The Bertz CT molecular complexity index is 392. The molecule has 0 aliphatic carbocycles. The molecular formula is C16H28O6. The van der Waals surface area contributed by atoms with Crippen molar-refractivity contribution in [1.82, 2.24) is 0 Å². The van der Waals surface area contributed by atoms with Crippen LogP contribution in [0.4, 0.5) is 0 Å². The summed E-state index contributed by atoms with van der Waals surface area (Å²) in [5.41, 5.74) is 0.405. The lowest BCUT2D eigenvalue weighted by Crippen LogP contribution is -2.60. The van der Waals surface area contributed by atoms with Gasteiger partial charge in [-0.3, -0.25) is 0 Å². The van der Waals surface area contributed by atoms with Crippen molar-refractivity contribution in [2.75, 3.05) is 6.61 Å². The van der Waals surface area contributed by atoms with Gasteiger partial charge in [0, 0.05) is 0 Å². The molecule has 0 radical (unpaired) electrons. The van der Waals surface area contributed by atoms with Crippen LogP contribution in [0.5, 0.6) is 0 Å². The number of aliphatic hydroxyl groups is 4. The van der Waals surface area contributed by atoms with Crippen molar-refractivity contribution in [1.29, 1.82) is 0 Å². The van der Waals surface area contributed by atoms with Gasteiger partial charge in [0.15, 0.2) is 6.29 Å². The zero-order valence-corrected chi connectivity index (χ0v) is 13.5. The summed E-state index contributed by atoms with van der Waals surface area (Å²) < 4.78 is 10.9. The quantitative estimate of drug-likeness (QED) is 0.510. The zero-order chi connectivity index (χ0) is 16.9. The molecular weight excluding hydrogens is 288 g/mol. The smallest absolute Gasteiger partial charge is 0.184 e. The first-order valence-electron chi connectivity index (χ1n) is 7.49. The second-order valence-electron chi connectivity index (χ2n) is 6.15. The summed E-state index contributed by atoms with van der Waals surface area (Å²) in [7, 11) is 0. The molecule has 6 atom stereocenters. The van der Waals surface area contributed by atoms with Gasteiger partial charge in [0.25, 0.3) is 0 Å². The highest BCUT2D eigenvalue weighted by molar-refractivity contribution is 5.01. The molecule has 6 heteroatoms. The maximum absolute atomic E-state index is 10.1. The van der Waals surface area contributed by atoms with E-state index in [9.17, 15) is 15.3 Å². The number of aliphatic hydroxyl groups excluding tert-OH is 4. The zero-order valence-electron chi connectivity index (χ0n) is 13.5. The Morgan fingerprint density at radius 1 is 1.27 bits per heavy atom. The Balaban J connectivity index is 2.76. The standard InChI is InChI=1S/C16H28O6/c1-5-16(4,8-6-7-10(2)3)22-14-13(19)12(18)11(9-17)21-15(14)20/h5,7,11-15,17-20H,1,6,8-9H2,2-4H3/t11-,12-,13+,14-,15-,16?/m1/s1. The maximum atomic E-state index is 10.1. The van der Waals surface area contributed by atoms with Gasteiger partial charge in [-0.05, 0) is 33.6 Å². The molecule has 1 unspecified atom stereocenters. The van der Waals surface area contributed by atoms with Crippen LogP contribution < -0.4 is 0 Å². The number of hydrogen-bond acceptors (Lipinski definition) is 6. The minimum absolute atomic E-state index is 0.499. The van der Waals surface area contributed by atoms with E-state index in [0.717, 1.165) is 6.42 Å². The molecule has 4 N–H and O–H groups in total. The molecule has 1 rings (SSSR count). The number of ether oxygens (including phenoxy) is 2. The third-order valence-corrected chi connectivity index (χ3v) is 3.87. The summed E-state index contributed by atoms with van der Waals surface area (Å²) >= 11 is 0. The van der Waals surface area contributed by atoms with Crippen LogP contribution in [0, 0.1) is 0 Å². The van der Waals surface area contributed by atoms with E-state index < -0.39 is 42.9 Å². The molecule has 0 aromatic rings. The molecule has 128 valence electrons. The van der Waals surface area contributed by atoms with Crippen molar-refractivity contribution < 1.29 is 29.9 Å². The highest BCUT2D eigenvalue weighted by atomic mass is 16.7. The minimum Gasteiger partial charge on any atom is -0.394 e. The predicted molar refractivity (Wildman–Crippen MR) is 82.1 cm³/mol. The third kappa shape index (κ3) is 4.87. The van der Waals surface area contributed by atoms with Crippen LogP contribution in [0.15, 0.2) is 24.3 Å². The molecule has 0 spiro atoms. The van der Waals surface area contributed by atoms with Gasteiger partial charge < -0.3 is 29.9 Å². The summed E-state index contributed by atoms with van der Waals surface area (Å²) in [4.78, 5) is 0. The fourth-order valence-corrected chi connectivity index (χ4v) is 2.37. The van der Waals surface area contributed by atoms with Crippen LogP contribution in [-0.4, -0.2) is 63.3 Å². The first kappa shape index (κ1) is 19.3. The van der Waals surface area contributed by atoms with Crippen molar-refractivity contribution in [3.05, 3.63) is 24.3 Å². The number of rotatable bonds is 7. The first-order valence-corrected chi connectivity index (χ1v) is 7.49. The van der Waals surface area contributed by atoms with Crippen LogP contribution in [0.1, 0.15) is 33.6 Å². The van der Waals surface area contributed by atoms with E-state index in [0.29, 0.717) is 6.42 Å². The van der Waals surface area contributed by atoms with E-state index in [1.165, 1.54) is 5.57 Å². The normalized spacial score (nSPS) is 34.8. The van der Waals surface area contributed by atoms with Gasteiger partial charge >= 0.3 is 0 Å². The Morgan fingerprint density at radius 3 is 2.41 bits per heavy atom. The lowest BCUT2D eigenvalue weighted by molar-refractivity contribution is -0.309. The molecule has 0 aromatic heterocycles. The summed E-state index contributed by atoms with van der Waals surface area (Å²) in [5.74, 6) is 0. The first-order chi connectivity index (χ1) is 10.2. The second kappa shape index (κ2) is 8.19. The van der Waals surface area contributed by atoms with Gasteiger partial charge in [-0.1, -0.05) is 17.7 Å². The van der Waals surface area contributed by atoms with E-state index in [1.54, 1.807) is 13.0 Å². The molecule has 1 saturated heterocycles. The maximum Gasteiger partial charge on any atom is 0.184 e. The van der Waals surface area contributed by atoms with Crippen molar-refractivity contribution in [3.63, 3.8) is 0 Å². The van der Waals surface area contributed by atoms with E-state index in [1.807, 2.05) is 13.8 Å². The van der Waals surface area contributed by atoms with E-state index in [4.69, 9.17) is 14.6 Å². The van der Waals surface area contributed by atoms with Crippen molar-refractivity contribution >= 4 is 0 Å². The van der Waals surface area contributed by atoms with Crippen LogP contribution >= 0.6 is 0 Å². The monoisotopic (exact) mass is 316 g/mol. The molecule has 1 heterocycles. The molecule has 0 amide bonds. The van der Waals surface area contributed by atoms with E-state index in [2.05, 4.69) is 12.7 Å². The van der Waals surface area contributed by atoms with Crippen LogP contribution in [-0.2, 0) is 9.47 Å². The average Bonchev–Trinajstić information content (AvgIpc) is 2.47. The van der Waals surface area contributed by atoms with Crippen LogP contribution in [0.3, 0.4) is 0 Å². The Hall–Kier alpha value is -0.760. The summed E-state index contributed by atoms with van der Waals surface area (Å²) in [6, 6.07) is 0. The van der Waals surface area contributed by atoms with Crippen LogP contribution in [0.2, 0.25) is 0 Å². The van der Waals surface area contributed by atoms with E-state index in [-0.39, 0.29) is 0 Å². The molecule has 0 bridgehead atoms. The number of allylic oxidation sites excluding steroid dienone is 2. The minimum atomic E-state index is -1.43. The lowest BCUT2D eigenvalue weighted by Gasteiger charge is -2.43. The van der Waals surface area contributed by atoms with Gasteiger partial charge in [0.1, 0.15) is 24.4 Å². The Kier molecular flexibility index (Phi) is 7.18. The summed E-state index contributed by atoms with van der Waals surface area (Å²) in [5, 5.41) is 39.0. The van der Waals surface area contributed by atoms with Gasteiger partial charge in [0.05, 0.1) is 12.2 Å². The van der Waals surface area contributed by atoms with Crippen LogP contribution in [0.25, 0.3) is 0 Å². The van der Waals surface area contributed by atoms with Crippen molar-refractivity contribution in [2.24, 2.45) is 0 Å². The Morgan fingerprint density at radius 2 is 1.91 bits per heavy atom. The molecule has 1 aliphatic heterocycles. The number of hydrogen-bond donors (Lipinski definition) is 4. The van der Waals surface area contributed by atoms with E-state index >= 15 is 0 Å². The average molecular weight is 316 g/mol.